The molecule has 1 aromatic heterocycles. The lowest BCUT2D eigenvalue weighted by Gasteiger charge is -2.05. The molecule has 0 unspecified atom stereocenters. The summed E-state index contributed by atoms with van der Waals surface area (Å²) in [5.74, 6) is 0.923. The second-order valence-corrected chi connectivity index (χ2v) is 4.61. The Morgan fingerprint density at radius 2 is 2.25 bits per heavy atom. The van der Waals surface area contributed by atoms with E-state index < -0.39 is 0 Å². The quantitative estimate of drug-likeness (QED) is 0.805. The number of hydrogen-bond acceptors (Lipinski definition) is 3. The second kappa shape index (κ2) is 5.12. The molecule has 3 heteroatoms. The maximum Gasteiger partial charge on any atom is 0.140 e. The molecule has 84 valence electrons. The highest BCUT2D eigenvalue weighted by molar-refractivity contribution is 7.09. The van der Waals surface area contributed by atoms with Gasteiger partial charge in [0.25, 0.3) is 0 Å². The lowest BCUT2D eigenvalue weighted by atomic mass is 10.2. The van der Waals surface area contributed by atoms with E-state index in [9.17, 15) is 0 Å². The first-order valence-corrected chi connectivity index (χ1v) is 6.28. The van der Waals surface area contributed by atoms with Crippen LogP contribution in [0.5, 0.6) is 5.75 Å². The highest BCUT2D eigenvalue weighted by Crippen LogP contribution is 2.16. The zero-order chi connectivity index (χ0) is 11.4. The van der Waals surface area contributed by atoms with Gasteiger partial charge in [0.2, 0.25) is 0 Å². The first kappa shape index (κ1) is 11.1. The molecule has 0 spiro atoms. The van der Waals surface area contributed by atoms with Crippen LogP contribution in [0, 0.1) is 6.92 Å². The molecule has 1 aromatic carbocycles. The molecule has 0 N–H and O–H groups in total. The SMILES string of the molecule is CCc1cccc(OCc2nc(C)cs2)c1. The molecule has 0 bridgehead atoms. The summed E-state index contributed by atoms with van der Waals surface area (Å²) in [4.78, 5) is 4.36. The third-order valence-corrected chi connectivity index (χ3v) is 3.28. The zero-order valence-corrected chi connectivity index (χ0v) is 10.4. The fourth-order valence-corrected chi connectivity index (χ4v) is 2.15. The number of aromatic nitrogens is 1. The fourth-order valence-electron chi connectivity index (χ4n) is 1.47. The van der Waals surface area contributed by atoms with E-state index in [1.54, 1.807) is 11.3 Å². The van der Waals surface area contributed by atoms with Crippen molar-refractivity contribution in [2.45, 2.75) is 26.9 Å². The predicted molar refractivity (Wildman–Crippen MR) is 67.0 cm³/mol. The van der Waals surface area contributed by atoms with Gasteiger partial charge in [-0.3, -0.25) is 0 Å². The number of rotatable bonds is 4. The van der Waals surface area contributed by atoms with E-state index in [2.05, 4.69) is 24.0 Å². The topological polar surface area (TPSA) is 22.1 Å². The van der Waals surface area contributed by atoms with E-state index in [0.717, 1.165) is 22.9 Å². The second-order valence-electron chi connectivity index (χ2n) is 3.67. The van der Waals surface area contributed by atoms with Crippen molar-refractivity contribution in [3.63, 3.8) is 0 Å². The summed E-state index contributed by atoms with van der Waals surface area (Å²) in [6, 6.07) is 8.21. The number of hydrogen-bond donors (Lipinski definition) is 0. The third-order valence-electron chi connectivity index (χ3n) is 2.34. The molecule has 0 saturated heterocycles. The first-order valence-electron chi connectivity index (χ1n) is 5.40. The molecular weight excluding hydrogens is 218 g/mol. The van der Waals surface area contributed by atoms with Crippen LogP contribution < -0.4 is 4.74 Å². The van der Waals surface area contributed by atoms with Crippen molar-refractivity contribution in [2.75, 3.05) is 0 Å². The molecule has 2 nitrogen and oxygen atoms in total. The molecule has 0 aliphatic carbocycles. The highest BCUT2D eigenvalue weighted by Gasteiger charge is 2.00. The Kier molecular flexibility index (Phi) is 3.57. The molecule has 0 saturated carbocycles. The van der Waals surface area contributed by atoms with E-state index >= 15 is 0 Å². The first-order chi connectivity index (χ1) is 7.78. The fraction of sp³-hybridized carbons (Fsp3) is 0.308. The van der Waals surface area contributed by atoms with E-state index in [4.69, 9.17) is 4.74 Å². The molecule has 0 atom stereocenters. The van der Waals surface area contributed by atoms with Crippen LogP contribution in [0.25, 0.3) is 0 Å². The predicted octanol–water partition coefficient (Wildman–Crippen LogP) is 3.59. The van der Waals surface area contributed by atoms with Crippen LogP contribution in [0.1, 0.15) is 23.2 Å². The van der Waals surface area contributed by atoms with E-state index in [0.29, 0.717) is 6.61 Å². The van der Waals surface area contributed by atoms with Gasteiger partial charge in [-0.2, -0.15) is 0 Å². The van der Waals surface area contributed by atoms with Gasteiger partial charge in [0.05, 0.1) is 0 Å². The number of ether oxygens (including phenoxy) is 1. The Hall–Kier alpha value is -1.35. The van der Waals surface area contributed by atoms with E-state index in [1.165, 1.54) is 5.56 Å². The number of thiazole rings is 1. The van der Waals surface area contributed by atoms with Gasteiger partial charge in [-0.1, -0.05) is 19.1 Å². The molecule has 0 radical (unpaired) electrons. The largest absolute Gasteiger partial charge is 0.486 e. The lowest BCUT2D eigenvalue weighted by molar-refractivity contribution is 0.305. The van der Waals surface area contributed by atoms with Crippen LogP contribution >= 0.6 is 11.3 Å². The molecule has 0 amide bonds. The molecule has 2 rings (SSSR count). The van der Waals surface area contributed by atoms with Crippen molar-refractivity contribution < 1.29 is 4.74 Å². The van der Waals surface area contributed by atoms with Crippen LogP contribution in [0.3, 0.4) is 0 Å². The summed E-state index contributed by atoms with van der Waals surface area (Å²) in [6.07, 6.45) is 1.04. The molecule has 0 aliphatic heterocycles. The van der Waals surface area contributed by atoms with E-state index in [-0.39, 0.29) is 0 Å². The molecule has 16 heavy (non-hydrogen) atoms. The van der Waals surface area contributed by atoms with Crippen molar-refractivity contribution >= 4 is 11.3 Å². The smallest absolute Gasteiger partial charge is 0.140 e. The average molecular weight is 233 g/mol. The van der Waals surface area contributed by atoms with Gasteiger partial charge < -0.3 is 4.74 Å². The summed E-state index contributed by atoms with van der Waals surface area (Å²) in [5, 5.41) is 3.07. The molecule has 0 fully saturated rings. The van der Waals surface area contributed by atoms with Gasteiger partial charge in [0.1, 0.15) is 17.4 Å². The monoisotopic (exact) mass is 233 g/mol. The minimum Gasteiger partial charge on any atom is -0.486 e. The summed E-state index contributed by atoms with van der Waals surface area (Å²) in [7, 11) is 0. The number of benzene rings is 1. The zero-order valence-electron chi connectivity index (χ0n) is 9.56. The van der Waals surface area contributed by atoms with Gasteiger partial charge in [-0.05, 0) is 31.0 Å². The van der Waals surface area contributed by atoms with Gasteiger partial charge in [0.15, 0.2) is 0 Å². The maximum absolute atomic E-state index is 5.70. The van der Waals surface area contributed by atoms with Gasteiger partial charge >= 0.3 is 0 Å². The van der Waals surface area contributed by atoms with Crippen LogP contribution in [-0.4, -0.2) is 4.98 Å². The van der Waals surface area contributed by atoms with Gasteiger partial charge in [-0.15, -0.1) is 11.3 Å². The Morgan fingerprint density at radius 3 is 2.94 bits per heavy atom. The number of nitrogens with zero attached hydrogens (tertiary/aromatic N) is 1. The Morgan fingerprint density at radius 1 is 1.38 bits per heavy atom. The maximum atomic E-state index is 5.70. The number of aryl methyl sites for hydroxylation is 2. The van der Waals surface area contributed by atoms with Crippen LogP contribution in [0.15, 0.2) is 29.6 Å². The van der Waals surface area contributed by atoms with Crippen molar-refractivity contribution in [1.82, 2.24) is 4.98 Å². The minimum atomic E-state index is 0.561. The Balaban J connectivity index is 1.99. The van der Waals surface area contributed by atoms with Gasteiger partial charge in [-0.25, -0.2) is 4.98 Å². The van der Waals surface area contributed by atoms with Crippen molar-refractivity contribution in [3.05, 3.63) is 45.9 Å². The summed E-state index contributed by atoms with van der Waals surface area (Å²) in [6.45, 7) is 4.70. The van der Waals surface area contributed by atoms with Crippen molar-refractivity contribution in [3.8, 4) is 5.75 Å². The van der Waals surface area contributed by atoms with Gasteiger partial charge in [0, 0.05) is 11.1 Å². The molecule has 2 aromatic rings. The Bertz CT molecular complexity index is 464. The summed E-state index contributed by atoms with van der Waals surface area (Å²) in [5.41, 5.74) is 2.36. The highest BCUT2D eigenvalue weighted by atomic mass is 32.1. The van der Waals surface area contributed by atoms with Crippen LogP contribution in [0.4, 0.5) is 0 Å². The van der Waals surface area contributed by atoms with Crippen LogP contribution in [0.2, 0.25) is 0 Å². The standard InChI is InChI=1S/C13H15NOS/c1-3-11-5-4-6-12(7-11)15-8-13-14-10(2)9-16-13/h4-7,9H,3,8H2,1-2H3. The molecule has 1 heterocycles. The van der Waals surface area contributed by atoms with Crippen molar-refractivity contribution in [1.29, 1.82) is 0 Å². The average Bonchev–Trinajstić information content (AvgIpc) is 2.73. The normalized spacial score (nSPS) is 10.4. The molecule has 0 aliphatic rings. The lowest BCUT2D eigenvalue weighted by Crippen LogP contribution is -1.95. The summed E-state index contributed by atoms with van der Waals surface area (Å²) >= 11 is 1.64. The van der Waals surface area contributed by atoms with Crippen LogP contribution in [-0.2, 0) is 13.0 Å². The van der Waals surface area contributed by atoms with E-state index in [1.807, 2.05) is 24.4 Å². The third kappa shape index (κ3) is 2.83. The Labute approximate surface area is 99.9 Å². The van der Waals surface area contributed by atoms with Crippen molar-refractivity contribution in [2.24, 2.45) is 0 Å². The summed E-state index contributed by atoms with van der Waals surface area (Å²) < 4.78 is 5.70. The minimum absolute atomic E-state index is 0.561. The molecular formula is C13H15NOS.